The number of hydrogen-bond acceptors (Lipinski definition) is 5. The summed E-state index contributed by atoms with van der Waals surface area (Å²) in [6.45, 7) is 2.15. The number of hydrogen-bond donors (Lipinski definition) is 0. The largest absolute Gasteiger partial charge is 0.479 e. The first kappa shape index (κ1) is 24.9. The Labute approximate surface area is 211 Å². The third-order valence-corrected chi connectivity index (χ3v) is 6.03. The first-order valence-corrected chi connectivity index (χ1v) is 12.1. The van der Waals surface area contributed by atoms with Gasteiger partial charge in [-0.25, -0.2) is 9.48 Å². The maximum Gasteiger partial charge on any atom is 0.346 e. The quantitative estimate of drug-likeness (QED) is 0.298. The fourth-order valence-electron chi connectivity index (χ4n) is 4.23. The maximum atomic E-state index is 12.6. The van der Waals surface area contributed by atoms with Crippen molar-refractivity contribution in [2.45, 2.75) is 38.3 Å². The highest BCUT2D eigenvalue weighted by Gasteiger charge is 2.19. The van der Waals surface area contributed by atoms with Crippen molar-refractivity contribution in [2.75, 3.05) is 7.11 Å². The van der Waals surface area contributed by atoms with Crippen LogP contribution in [0.2, 0.25) is 0 Å². The second kappa shape index (κ2) is 12.0. The molecule has 6 nitrogen and oxygen atoms in total. The molecule has 4 rings (SSSR count). The highest BCUT2D eigenvalue weighted by atomic mass is 16.6. The molecule has 0 radical (unpaired) electrons. The number of carbonyl (C=O) groups is 1. The number of rotatable bonds is 10. The molecule has 36 heavy (non-hydrogen) atoms. The summed E-state index contributed by atoms with van der Waals surface area (Å²) in [6.07, 6.45) is 0.786. The van der Waals surface area contributed by atoms with Crippen molar-refractivity contribution < 1.29 is 14.3 Å². The lowest BCUT2D eigenvalue weighted by atomic mass is 9.88. The second-order valence-electron chi connectivity index (χ2n) is 8.61. The smallest absolute Gasteiger partial charge is 0.346 e. The summed E-state index contributed by atoms with van der Waals surface area (Å²) in [4.78, 5) is 24.2. The number of benzene rings is 3. The molecule has 3 aromatic carbocycles. The van der Waals surface area contributed by atoms with Crippen LogP contribution in [-0.2, 0) is 22.5 Å². The molecule has 0 saturated carbocycles. The molecule has 1 heterocycles. The summed E-state index contributed by atoms with van der Waals surface area (Å²) in [5.74, 6) is 0.121. The lowest BCUT2D eigenvalue weighted by molar-refractivity contribution is -0.147. The maximum absolute atomic E-state index is 12.6. The predicted octanol–water partition coefficient (Wildman–Crippen LogP) is 5.00. The van der Waals surface area contributed by atoms with Gasteiger partial charge in [-0.1, -0.05) is 72.8 Å². The standard InChI is InChI=1S/C30H30N2O4/c1-22(30(34)35-2)36-26-17-9-11-23(21-26)12-10-20-32-28(33)19-18-27(31-32)29(24-13-5-3-6-14-24)25-15-7-4-8-16-25/h3-9,11,13-19,21-22,29H,10,12,20H2,1-2H3/t22-/m0/s1. The number of nitrogens with zero attached hydrogens (tertiary/aromatic N) is 2. The summed E-state index contributed by atoms with van der Waals surface area (Å²) >= 11 is 0. The molecule has 1 aromatic heterocycles. The molecule has 0 amide bonds. The van der Waals surface area contributed by atoms with Gasteiger partial charge < -0.3 is 9.47 Å². The molecule has 4 aromatic rings. The van der Waals surface area contributed by atoms with Gasteiger partial charge in [0.25, 0.3) is 5.56 Å². The molecule has 0 spiro atoms. The van der Waals surface area contributed by atoms with Gasteiger partial charge in [0, 0.05) is 12.6 Å². The first-order chi connectivity index (χ1) is 17.5. The Morgan fingerprint density at radius 3 is 2.19 bits per heavy atom. The molecule has 184 valence electrons. The second-order valence-corrected chi connectivity index (χ2v) is 8.61. The van der Waals surface area contributed by atoms with Crippen LogP contribution in [0.1, 0.15) is 41.6 Å². The molecule has 0 unspecified atom stereocenters. The Kier molecular flexibility index (Phi) is 8.29. The van der Waals surface area contributed by atoms with E-state index in [0.29, 0.717) is 12.3 Å². The van der Waals surface area contributed by atoms with Crippen LogP contribution in [0.4, 0.5) is 0 Å². The highest BCUT2D eigenvalue weighted by Crippen LogP contribution is 2.30. The molecule has 0 bridgehead atoms. The molecule has 6 heteroatoms. The predicted molar refractivity (Wildman–Crippen MR) is 139 cm³/mol. The molecule has 0 fully saturated rings. The van der Waals surface area contributed by atoms with Gasteiger partial charge in [0.05, 0.1) is 18.7 Å². The van der Waals surface area contributed by atoms with Crippen LogP contribution in [0.5, 0.6) is 5.75 Å². The van der Waals surface area contributed by atoms with Crippen molar-refractivity contribution in [3.63, 3.8) is 0 Å². The van der Waals surface area contributed by atoms with Crippen molar-refractivity contribution in [1.82, 2.24) is 9.78 Å². The normalized spacial score (nSPS) is 11.8. The monoisotopic (exact) mass is 482 g/mol. The van der Waals surface area contributed by atoms with Gasteiger partial charge in [-0.15, -0.1) is 0 Å². The van der Waals surface area contributed by atoms with E-state index in [2.05, 4.69) is 24.3 Å². The molecule has 0 aliphatic rings. The summed E-state index contributed by atoms with van der Waals surface area (Å²) in [7, 11) is 1.34. The summed E-state index contributed by atoms with van der Waals surface area (Å²) < 4.78 is 11.9. The lowest BCUT2D eigenvalue weighted by Gasteiger charge is -2.18. The molecule has 0 saturated heterocycles. The van der Waals surface area contributed by atoms with Gasteiger partial charge in [0.2, 0.25) is 0 Å². The fourth-order valence-corrected chi connectivity index (χ4v) is 4.23. The average molecular weight is 483 g/mol. The third kappa shape index (κ3) is 6.27. The van der Waals surface area contributed by atoms with Gasteiger partial charge >= 0.3 is 5.97 Å². The molecular formula is C30H30N2O4. The minimum Gasteiger partial charge on any atom is -0.479 e. The zero-order valence-corrected chi connectivity index (χ0v) is 20.5. The van der Waals surface area contributed by atoms with E-state index in [4.69, 9.17) is 14.6 Å². The number of aryl methyl sites for hydroxylation is 2. The van der Waals surface area contributed by atoms with Crippen LogP contribution >= 0.6 is 0 Å². The van der Waals surface area contributed by atoms with Crippen molar-refractivity contribution >= 4 is 5.97 Å². The van der Waals surface area contributed by atoms with E-state index in [1.165, 1.54) is 7.11 Å². The van der Waals surface area contributed by atoms with Crippen molar-refractivity contribution in [2.24, 2.45) is 0 Å². The van der Waals surface area contributed by atoms with Crippen molar-refractivity contribution in [1.29, 1.82) is 0 Å². The van der Waals surface area contributed by atoms with Crippen LogP contribution in [0.25, 0.3) is 0 Å². The van der Waals surface area contributed by atoms with Crippen LogP contribution < -0.4 is 10.3 Å². The Bertz CT molecular complexity index is 1300. The van der Waals surface area contributed by atoms with E-state index in [1.54, 1.807) is 17.7 Å². The van der Waals surface area contributed by atoms with Crippen LogP contribution in [0.15, 0.2) is 102 Å². The van der Waals surface area contributed by atoms with Crippen molar-refractivity contribution in [3.05, 3.63) is 130 Å². The lowest BCUT2D eigenvalue weighted by Crippen LogP contribution is -2.25. The van der Waals surface area contributed by atoms with Crippen LogP contribution in [-0.4, -0.2) is 29.0 Å². The molecule has 0 aliphatic carbocycles. The number of methoxy groups -OCH3 is 1. The summed E-state index contributed by atoms with van der Waals surface area (Å²) in [5, 5.41) is 4.77. The fraction of sp³-hybridized carbons (Fsp3) is 0.233. The average Bonchev–Trinajstić information content (AvgIpc) is 2.91. The summed E-state index contributed by atoms with van der Waals surface area (Å²) in [6, 6.07) is 31.5. The number of ether oxygens (including phenoxy) is 2. The molecule has 1 atom stereocenters. The van der Waals surface area contributed by atoms with E-state index in [1.807, 2.05) is 66.7 Å². The van der Waals surface area contributed by atoms with E-state index in [0.717, 1.165) is 35.2 Å². The van der Waals surface area contributed by atoms with Crippen LogP contribution in [0, 0.1) is 0 Å². The van der Waals surface area contributed by atoms with Crippen LogP contribution in [0.3, 0.4) is 0 Å². The zero-order chi connectivity index (χ0) is 25.3. The zero-order valence-electron chi connectivity index (χ0n) is 20.5. The van der Waals surface area contributed by atoms with Gasteiger partial charge in [0.1, 0.15) is 5.75 Å². The highest BCUT2D eigenvalue weighted by molar-refractivity contribution is 5.74. The Hall–Kier alpha value is -4.19. The first-order valence-electron chi connectivity index (χ1n) is 12.1. The van der Waals surface area contributed by atoms with E-state index in [9.17, 15) is 9.59 Å². The molecular weight excluding hydrogens is 452 g/mol. The molecule has 0 N–H and O–H groups in total. The Morgan fingerprint density at radius 1 is 0.889 bits per heavy atom. The van der Waals surface area contributed by atoms with Gasteiger partial charge in [-0.3, -0.25) is 4.79 Å². The number of aromatic nitrogens is 2. The van der Waals surface area contributed by atoms with Gasteiger partial charge in [-0.05, 0) is 54.7 Å². The van der Waals surface area contributed by atoms with E-state index in [-0.39, 0.29) is 11.5 Å². The van der Waals surface area contributed by atoms with Gasteiger partial charge in [0.15, 0.2) is 6.10 Å². The van der Waals surface area contributed by atoms with E-state index >= 15 is 0 Å². The molecule has 0 aliphatic heterocycles. The number of carbonyl (C=O) groups excluding carboxylic acids is 1. The SMILES string of the molecule is COC(=O)[C@H](C)Oc1cccc(CCCn2nc(C(c3ccccc3)c3ccccc3)ccc2=O)c1. The Morgan fingerprint density at radius 2 is 1.56 bits per heavy atom. The van der Waals surface area contributed by atoms with E-state index < -0.39 is 12.1 Å². The topological polar surface area (TPSA) is 70.4 Å². The minimum absolute atomic E-state index is 0.0649. The minimum atomic E-state index is -0.682. The number of esters is 1. The summed E-state index contributed by atoms with van der Waals surface area (Å²) in [5.41, 5.74) is 4.01. The van der Waals surface area contributed by atoms with Gasteiger partial charge in [-0.2, -0.15) is 5.10 Å². The van der Waals surface area contributed by atoms with Crippen molar-refractivity contribution in [3.8, 4) is 5.75 Å². The third-order valence-electron chi connectivity index (χ3n) is 6.03. The Balaban J connectivity index is 1.49.